The van der Waals surface area contributed by atoms with Crippen LogP contribution in [0, 0.1) is 13.8 Å². The summed E-state index contributed by atoms with van der Waals surface area (Å²) in [7, 11) is 0. The van der Waals surface area contributed by atoms with Crippen LogP contribution >= 0.6 is 11.3 Å². The summed E-state index contributed by atoms with van der Waals surface area (Å²) in [5, 5.41) is 3.33. The number of rotatable bonds is 2. The number of fused-ring (bicyclic) bond motifs is 1. The van der Waals surface area contributed by atoms with Crippen molar-refractivity contribution in [3.8, 4) is 0 Å². The summed E-state index contributed by atoms with van der Waals surface area (Å²) in [6, 6.07) is 4.15. The lowest BCUT2D eigenvalue weighted by Gasteiger charge is -1.98. The maximum absolute atomic E-state index is 12.0. The second-order valence-electron chi connectivity index (χ2n) is 4.49. The molecule has 3 aromatic rings. The standard InChI is InChI=1S/C14H12N4OS/c1-8-5-9(2)12-11(6-8)20-14(17-12)18-13(19)10-7-15-3-4-16-10/h3-7H,1-2H3,(H,17,18,19). The Morgan fingerprint density at radius 2 is 2.10 bits per heavy atom. The lowest BCUT2D eigenvalue weighted by Crippen LogP contribution is -2.13. The van der Waals surface area contributed by atoms with E-state index in [0.717, 1.165) is 15.8 Å². The van der Waals surface area contributed by atoms with Crippen LogP contribution in [-0.2, 0) is 0 Å². The molecule has 0 aliphatic heterocycles. The zero-order valence-electron chi connectivity index (χ0n) is 11.0. The Balaban J connectivity index is 1.92. The fourth-order valence-corrected chi connectivity index (χ4v) is 3.04. The van der Waals surface area contributed by atoms with Gasteiger partial charge in [0.15, 0.2) is 5.13 Å². The molecule has 0 bridgehead atoms. The third-order valence-electron chi connectivity index (χ3n) is 2.85. The number of aromatic nitrogens is 3. The molecule has 0 saturated carbocycles. The Morgan fingerprint density at radius 3 is 2.85 bits per heavy atom. The van der Waals surface area contributed by atoms with Gasteiger partial charge in [0, 0.05) is 12.4 Å². The van der Waals surface area contributed by atoms with Gasteiger partial charge in [0.1, 0.15) is 5.69 Å². The molecule has 0 fully saturated rings. The molecule has 0 spiro atoms. The van der Waals surface area contributed by atoms with Crippen molar-refractivity contribution in [1.29, 1.82) is 0 Å². The number of carbonyl (C=O) groups excluding carboxylic acids is 1. The van der Waals surface area contributed by atoms with E-state index in [1.165, 1.54) is 35.5 Å². The second-order valence-corrected chi connectivity index (χ2v) is 5.52. The van der Waals surface area contributed by atoms with Crippen LogP contribution in [-0.4, -0.2) is 20.9 Å². The van der Waals surface area contributed by atoms with Crippen molar-refractivity contribution >= 4 is 32.6 Å². The number of thiazole rings is 1. The number of aryl methyl sites for hydroxylation is 2. The number of anilines is 1. The van der Waals surface area contributed by atoms with Crippen molar-refractivity contribution in [2.24, 2.45) is 0 Å². The van der Waals surface area contributed by atoms with Crippen molar-refractivity contribution < 1.29 is 4.79 Å². The first-order valence-corrected chi connectivity index (χ1v) is 6.90. The highest BCUT2D eigenvalue weighted by molar-refractivity contribution is 7.22. The van der Waals surface area contributed by atoms with Crippen LogP contribution in [0.25, 0.3) is 10.2 Å². The number of nitrogens with one attached hydrogen (secondary N) is 1. The summed E-state index contributed by atoms with van der Waals surface area (Å²) in [5.74, 6) is -0.300. The third kappa shape index (κ3) is 2.37. The van der Waals surface area contributed by atoms with Gasteiger partial charge in [-0.2, -0.15) is 0 Å². The smallest absolute Gasteiger partial charge is 0.277 e. The van der Waals surface area contributed by atoms with Gasteiger partial charge in [-0.3, -0.25) is 15.1 Å². The fourth-order valence-electron chi connectivity index (χ4n) is 2.00. The minimum Gasteiger partial charge on any atom is -0.296 e. The Labute approximate surface area is 119 Å². The van der Waals surface area contributed by atoms with Crippen LogP contribution in [0.5, 0.6) is 0 Å². The highest BCUT2D eigenvalue weighted by atomic mass is 32.1. The van der Waals surface area contributed by atoms with Gasteiger partial charge in [0.05, 0.1) is 16.4 Å². The maximum atomic E-state index is 12.0. The Kier molecular flexibility index (Phi) is 3.15. The molecule has 3 rings (SSSR count). The SMILES string of the molecule is Cc1cc(C)c2nc(NC(=O)c3cnccn3)sc2c1. The highest BCUT2D eigenvalue weighted by Gasteiger charge is 2.12. The fraction of sp³-hybridized carbons (Fsp3) is 0.143. The predicted octanol–water partition coefficient (Wildman–Crippen LogP) is 2.96. The Morgan fingerprint density at radius 1 is 1.25 bits per heavy atom. The summed E-state index contributed by atoms with van der Waals surface area (Å²) in [4.78, 5) is 24.3. The average Bonchev–Trinajstić information content (AvgIpc) is 2.82. The molecule has 0 aliphatic carbocycles. The first-order chi connectivity index (χ1) is 9.63. The number of hydrogen-bond acceptors (Lipinski definition) is 5. The van der Waals surface area contributed by atoms with Crippen LogP contribution in [0.1, 0.15) is 21.6 Å². The number of benzene rings is 1. The zero-order chi connectivity index (χ0) is 14.1. The van der Waals surface area contributed by atoms with Crippen molar-refractivity contribution in [1.82, 2.24) is 15.0 Å². The van der Waals surface area contributed by atoms with E-state index in [-0.39, 0.29) is 11.6 Å². The van der Waals surface area contributed by atoms with Crippen molar-refractivity contribution in [2.45, 2.75) is 13.8 Å². The van der Waals surface area contributed by atoms with E-state index in [1.54, 1.807) is 0 Å². The molecule has 0 radical (unpaired) electrons. The minimum absolute atomic E-state index is 0.277. The summed E-state index contributed by atoms with van der Waals surface area (Å²) in [5.41, 5.74) is 3.50. The lowest BCUT2D eigenvalue weighted by atomic mass is 10.1. The van der Waals surface area contributed by atoms with Gasteiger partial charge in [-0.15, -0.1) is 0 Å². The molecule has 2 heterocycles. The summed E-state index contributed by atoms with van der Waals surface area (Å²) in [6.07, 6.45) is 4.44. The number of carbonyl (C=O) groups is 1. The largest absolute Gasteiger partial charge is 0.296 e. The zero-order valence-corrected chi connectivity index (χ0v) is 11.9. The number of hydrogen-bond donors (Lipinski definition) is 1. The maximum Gasteiger partial charge on any atom is 0.277 e. The number of nitrogens with zero attached hydrogens (tertiary/aromatic N) is 3. The first-order valence-electron chi connectivity index (χ1n) is 6.08. The van der Waals surface area contributed by atoms with E-state index < -0.39 is 0 Å². The predicted molar refractivity (Wildman–Crippen MR) is 79.1 cm³/mol. The van der Waals surface area contributed by atoms with E-state index in [9.17, 15) is 4.79 Å². The van der Waals surface area contributed by atoms with Crippen molar-refractivity contribution in [2.75, 3.05) is 5.32 Å². The minimum atomic E-state index is -0.300. The van der Waals surface area contributed by atoms with Crippen LogP contribution < -0.4 is 5.32 Å². The Hall–Kier alpha value is -2.34. The topological polar surface area (TPSA) is 67.8 Å². The molecule has 6 heteroatoms. The van der Waals surface area contributed by atoms with E-state index in [0.29, 0.717) is 5.13 Å². The molecule has 0 unspecified atom stereocenters. The van der Waals surface area contributed by atoms with Gasteiger partial charge in [0.25, 0.3) is 5.91 Å². The van der Waals surface area contributed by atoms with Gasteiger partial charge in [-0.05, 0) is 31.0 Å². The second kappa shape index (κ2) is 4.97. The Bertz CT molecular complexity index is 782. The molecule has 0 saturated heterocycles. The third-order valence-corrected chi connectivity index (χ3v) is 3.76. The highest BCUT2D eigenvalue weighted by Crippen LogP contribution is 2.29. The van der Waals surface area contributed by atoms with Crippen molar-refractivity contribution in [3.63, 3.8) is 0 Å². The van der Waals surface area contributed by atoms with E-state index >= 15 is 0 Å². The van der Waals surface area contributed by atoms with Gasteiger partial charge in [-0.1, -0.05) is 17.4 Å². The summed E-state index contributed by atoms with van der Waals surface area (Å²) < 4.78 is 1.07. The molecule has 0 atom stereocenters. The van der Waals surface area contributed by atoms with E-state index in [1.807, 2.05) is 13.8 Å². The summed E-state index contributed by atoms with van der Waals surface area (Å²) >= 11 is 1.46. The van der Waals surface area contributed by atoms with Crippen molar-refractivity contribution in [3.05, 3.63) is 47.5 Å². The lowest BCUT2D eigenvalue weighted by molar-refractivity contribution is 0.102. The van der Waals surface area contributed by atoms with Gasteiger partial charge >= 0.3 is 0 Å². The van der Waals surface area contributed by atoms with Gasteiger partial charge in [-0.25, -0.2) is 9.97 Å². The van der Waals surface area contributed by atoms with Crippen LogP contribution in [0.4, 0.5) is 5.13 Å². The molecular weight excluding hydrogens is 272 g/mol. The molecule has 2 aromatic heterocycles. The van der Waals surface area contributed by atoms with Gasteiger partial charge < -0.3 is 0 Å². The van der Waals surface area contributed by atoms with Crippen LogP contribution in [0.3, 0.4) is 0 Å². The molecule has 0 aliphatic rings. The molecule has 1 aromatic carbocycles. The van der Waals surface area contributed by atoms with E-state index in [4.69, 9.17) is 0 Å². The number of amides is 1. The molecule has 1 amide bonds. The van der Waals surface area contributed by atoms with Crippen LogP contribution in [0.15, 0.2) is 30.7 Å². The quantitative estimate of drug-likeness (QED) is 0.785. The molecule has 1 N–H and O–H groups in total. The molecule has 100 valence electrons. The first kappa shape index (κ1) is 12.7. The van der Waals surface area contributed by atoms with Crippen LogP contribution in [0.2, 0.25) is 0 Å². The monoisotopic (exact) mass is 284 g/mol. The van der Waals surface area contributed by atoms with Gasteiger partial charge in [0.2, 0.25) is 0 Å². The summed E-state index contributed by atoms with van der Waals surface area (Å²) in [6.45, 7) is 4.06. The molecule has 5 nitrogen and oxygen atoms in total. The molecular formula is C14H12N4OS. The average molecular weight is 284 g/mol. The molecule has 20 heavy (non-hydrogen) atoms. The van der Waals surface area contributed by atoms with E-state index in [2.05, 4.69) is 32.4 Å². The normalized spacial score (nSPS) is 10.7.